The zero-order valence-electron chi connectivity index (χ0n) is 21.0. The van der Waals surface area contributed by atoms with E-state index in [4.69, 9.17) is 9.40 Å². The van der Waals surface area contributed by atoms with Crippen molar-refractivity contribution in [3.8, 4) is 29.3 Å². The number of hydrogen-bond acceptors (Lipinski definition) is 5. The minimum Gasteiger partial charge on any atom is -0.434 e. The molecule has 0 bridgehead atoms. The Balaban J connectivity index is 1.45. The summed E-state index contributed by atoms with van der Waals surface area (Å²) in [5, 5.41) is 21.6. The minimum absolute atomic E-state index is 0.109. The van der Waals surface area contributed by atoms with Crippen LogP contribution in [0.15, 0.2) is 119 Å². The van der Waals surface area contributed by atoms with Crippen molar-refractivity contribution in [3.05, 3.63) is 131 Å². The number of allylic oxidation sites excluding steroid dienone is 3. The topological polar surface area (TPSA) is 95.6 Å². The molecule has 6 nitrogen and oxygen atoms in total. The summed E-state index contributed by atoms with van der Waals surface area (Å²) < 4.78 is 8.17. The van der Waals surface area contributed by atoms with Crippen LogP contribution in [0.3, 0.4) is 0 Å². The van der Waals surface area contributed by atoms with E-state index < -0.39 is 0 Å². The second kappa shape index (κ2) is 9.09. The van der Waals surface area contributed by atoms with Crippen LogP contribution in [-0.2, 0) is 0 Å². The molecule has 0 atom stereocenters. The number of nitrogens with zero attached hydrogens (tertiary/aromatic N) is 4. The summed E-state index contributed by atoms with van der Waals surface area (Å²) in [6.45, 7) is 0. The van der Waals surface area contributed by atoms with Gasteiger partial charge in [-0.2, -0.15) is 15.5 Å². The van der Waals surface area contributed by atoms with Crippen molar-refractivity contribution in [2.75, 3.05) is 0 Å². The third kappa shape index (κ3) is 3.56. The largest absolute Gasteiger partial charge is 0.434 e. The van der Waals surface area contributed by atoms with E-state index in [9.17, 15) is 15.3 Å². The van der Waals surface area contributed by atoms with Crippen LogP contribution in [-0.4, -0.2) is 15.3 Å². The van der Waals surface area contributed by atoms with Gasteiger partial charge in [-0.15, -0.1) is 0 Å². The van der Waals surface area contributed by atoms with Crippen molar-refractivity contribution in [2.45, 2.75) is 0 Å². The Morgan fingerprint density at radius 1 is 0.800 bits per heavy atom. The maximum atomic E-state index is 13.5. The molecule has 0 fully saturated rings. The minimum atomic E-state index is -0.240. The van der Waals surface area contributed by atoms with Gasteiger partial charge in [-0.05, 0) is 46.7 Å². The van der Waals surface area contributed by atoms with E-state index in [0.29, 0.717) is 39.5 Å². The van der Waals surface area contributed by atoms with Crippen LogP contribution in [0.5, 0.6) is 0 Å². The van der Waals surface area contributed by atoms with Crippen LogP contribution in [0.1, 0.15) is 21.6 Å². The molecule has 40 heavy (non-hydrogen) atoms. The molecular formula is C34H18N4O2. The molecule has 6 aromatic rings. The highest BCUT2D eigenvalue weighted by atomic mass is 16.3. The zero-order chi connectivity index (χ0) is 27.2. The first-order chi connectivity index (χ1) is 19.7. The Morgan fingerprint density at radius 3 is 2.27 bits per heavy atom. The Morgan fingerprint density at radius 2 is 1.50 bits per heavy atom. The lowest BCUT2D eigenvalue weighted by molar-refractivity contribution is 0.104. The average Bonchev–Trinajstić information content (AvgIpc) is 3.64. The third-order valence-corrected chi connectivity index (χ3v) is 7.12. The summed E-state index contributed by atoms with van der Waals surface area (Å²) in [4.78, 5) is 18.4. The van der Waals surface area contributed by atoms with Crippen LogP contribution in [0.25, 0.3) is 50.8 Å². The predicted octanol–water partition coefficient (Wildman–Crippen LogP) is 7.52. The normalized spacial score (nSPS) is 13.5. The molecule has 0 saturated carbocycles. The predicted molar refractivity (Wildman–Crippen MR) is 153 cm³/mol. The van der Waals surface area contributed by atoms with Gasteiger partial charge in [-0.25, -0.2) is 0 Å². The third-order valence-electron chi connectivity index (χ3n) is 7.12. The van der Waals surface area contributed by atoms with Crippen molar-refractivity contribution in [1.82, 2.24) is 9.55 Å². The van der Waals surface area contributed by atoms with Gasteiger partial charge in [-0.3, -0.25) is 9.36 Å². The molecular weight excluding hydrogens is 496 g/mol. The standard InChI is InChI=1S/C34H18N4O2/c35-19-24(20-36)31-27-12-6-7-13-28(27)32(39)29(31)17-26-18-30-33(38(26)25-10-2-1-3-11-25)37-34(40-30)23-15-14-21-8-4-5-9-22(21)16-23/h1-18H/b29-17-. The van der Waals surface area contributed by atoms with E-state index in [2.05, 4.69) is 6.07 Å². The van der Waals surface area contributed by atoms with Gasteiger partial charge in [-0.1, -0.05) is 72.8 Å². The van der Waals surface area contributed by atoms with Crippen LogP contribution < -0.4 is 0 Å². The number of carbonyl (C=O) groups is 1. The van der Waals surface area contributed by atoms with Gasteiger partial charge in [0.05, 0.1) is 5.69 Å². The van der Waals surface area contributed by atoms with Crippen LogP contribution >= 0.6 is 0 Å². The number of rotatable bonds is 3. The fourth-order valence-electron chi connectivity index (χ4n) is 5.29. The van der Waals surface area contributed by atoms with Gasteiger partial charge in [0.2, 0.25) is 5.89 Å². The van der Waals surface area contributed by atoms with Gasteiger partial charge in [0.25, 0.3) is 0 Å². The van der Waals surface area contributed by atoms with E-state index in [0.717, 1.165) is 22.0 Å². The second-order valence-corrected chi connectivity index (χ2v) is 9.42. The molecule has 0 amide bonds. The Bertz CT molecular complexity index is 2130. The summed E-state index contributed by atoms with van der Waals surface area (Å²) in [5.74, 6) is 0.247. The SMILES string of the molecule is N#CC(C#N)=C1/C(=C/c2cc3oc(-c4ccc5ccccc5c4)nc3n2-c2ccccc2)C(=O)c2ccccc21. The molecule has 0 N–H and O–H groups in total. The summed E-state index contributed by atoms with van der Waals surface area (Å²) in [7, 11) is 0. The molecule has 1 aliphatic carbocycles. The number of aromatic nitrogens is 2. The van der Waals surface area contributed by atoms with Crippen LogP contribution in [0.4, 0.5) is 0 Å². The first kappa shape index (κ1) is 23.2. The van der Waals surface area contributed by atoms with Crippen LogP contribution in [0, 0.1) is 22.7 Å². The smallest absolute Gasteiger partial charge is 0.228 e. The Hall–Kier alpha value is -5.98. The van der Waals surface area contributed by atoms with Crippen molar-refractivity contribution in [2.24, 2.45) is 0 Å². The molecule has 2 aromatic heterocycles. The molecule has 186 valence electrons. The van der Waals surface area contributed by atoms with Gasteiger partial charge < -0.3 is 4.42 Å². The van der Waals surface area contributed by atoms with E-state index >= 15 is 0 Å². The Kier molecular flexibility index (Phi) is 5.26. The summed E-state index contributed by atoms with van der Waals surface area (Å²) >= 11 is 0. The van der Waals surface area contributed by atoms with Gasteiger partial charge in [0.1, 0.15) is 17.7 Å². The zero-order valence-corrected chi connectivity index (χ0v) is 21.0. The van der Waals surface area contributed by atoms with Gasteiger partial charge in [0.15, 0.2) is 17.0 Å². The lowest BCUT2D eigenvalue weighted by atomic mass is 9.99. The first-order valence-corrected chi connectivity index (χ1v) is 12.6. The monoisotopic (exact) mass is 514 g/mol. The molecule has 2 heterocycles. The molecule has 1 aliphatic rings. The number of ketones is 1. The number of hydrogen-bond donors (Lipinski definition) is 0. The number of oxazole rings is 1. The fourth-order valence-corrected chi connectivity index (χ4v) is 5.29. The molecule has 4 aromatic carbocycles. The van der Waals surface area contributed by atoms with Crippen molar-refractivity contribution in [3.63, 3.8) is 0 Å². The molecule has 0 spiro atoms. The summed E-state index contributed by atoms with van der Waals surface area (Å²) in [6, 6.07) is 36.7. The van der Waals surface area contributed by atoms with Crippen molar-refractivity contribution >= 4 is 39.4 Å². The molecule has 0 radical (unpaired) electrons. The molecule has 0 saturated heterocycles. The number of benzene rings is 4. The maximum absolute atomic E-state index is 13.5. The summed E-state index contributed by atoms with van der Waals surface area (Å²) in [6.07, 6.45) is 1.71. The lowest BCUT2D eigenvalue weighted by Crippen LogP contribution is -2.00. The van der Waals surface area contributed by atoms with E-state index in [-0.39, 0.29) is 16.9 Å². The quantitative estimate of drug-likeness (QED) is 0.180. The Labute approximate surface area is 229 Å². The second-order valence-electron chi connectivity index (χ2n) is 9.42. The average molecular weight is 515 g/mol. The van der Waals surface area contributed by atoms with Gasteiger partial charge in [0, 0.05) is 34.0 Å². The van der Waals surface area contributed by atoms with Crippen molar-refractivity contribution in [1.29, 1.82) is 10.5 Å². The number of Topliss-reactive ketones (excluding diaryl/α,β-unsaturated/α-hetero) is 1. The first-order valence-electron chi connectivity index (χ1n) is 12.6. The van der Waals surface area contributed by atoms with Gasteiger partial charge >= 0.3 is 0 Å². The fraction of sp³-hybridized carbons (Fsp3) is 0. The molecule has 7 rings (SSSR count). The highest BCUT2D eigenvalue weighted by molar-refractivity contribution is 6.29. The molecule has 0 aliphatic heterocycles. The van der Waals surface area contributed by atoms with Crippen molar-refractivity contribution < 1.29 is 9.21 Å². The molecule has 6 heteroatoms. The maximum Gasteiger partial charge on any atom is 0.228 e. The van der Waals surface area contributed by atoms with E-state index in [1.807, 2.05) is 89.5 Å². The van der Waals surface area contributed by atoms with Crippen LogP contribution in [0.2, 0.25) is 0 Å². The van der Waals surface area contributed by atoms with E-state index in [1.54, 1.807) is 30.3 Å². The van der Waals surface area contributed by atoms with E-state index in [1.165, 1.54) is 0 Å². The summed E-state index contributed by atoms with van der Waals surface area (Å²) in [5.41, 5.74) is 5.03. The number of carbonyl (C=O) groups excluding carboxylic acids is 1. The highest BCUT2D eigenvalue weighted by Crippen LogP contribution is 2.41. The number of para-hydroxylation sites is 1. The lowest BCUT2D eigenvalue weighted by Gasteiger charge is -2.08. The number of nitriles is 2. The number of fused-ring (bicyclic) bond motifs is 3. The molecule has 0 unspecified atom stereocenters. The highest BCUT2D eigenvalue weighted by Gasteiger charge is 2.33.